The molecule has 1 N–H and O–H groups in total. The number of hydrogen-bond donors (Lipinski definition) is 1. The van der Waals surface area contributed by atoms with Gasteiger partial charge in [0.15, 0.2) is 0 Å². The lowest BCUT2D eigenvalue weighted by Gasteiger charge is -2.09. The van der Waals surface area contributed by atoms with Crippen LogP contribution >= 0.6 is 0 Å². The van der Waals surface area contributed by atoms with Crippen LogP contribution in [0.1, 0.15) is 17.6 Å². The van der Waals surface area contributed by atoms with Gasteiger partial charge in [0, 0.05) is 0 Å². The summed E-state index contributed by atoms with van der Waals surface area (Å²) in [6.45, 7) is 2.03. The van der Waals surface area contributed by atoms with Crippen LogP contribution in [0.25, 0.3) is 0 Å². The van der Waals surface area contributed by atoms with Gasteiger partial charge in [-0.25, -0.2) is 0 Å². The number of hydrogen-bond acceptors (Lipinski definition) is 3. The molecule has 0 amide bonds. The van der Waals surface area contributed by atoms with Gasteiger partial charge < -0.3 is 14.3 Å². The average molecular weight is 218 g/mol. The highest BCUT2D eigenvalue weighted by atomic mass is 16.5. The number of furan rings is 1. The van der Waals surface area contributed by atoms with Crippen LogP contribution in [-0.2, 0) is 0 Å². The lowest BCUT2D eigenvalue weighted by atomic mass is 10.3. The van der Waals surface area contributed by atoms with Crippen molar-refractivity contribution in [1.29, 1.82) is 0 Å². The number of rotatable bonds is 4. The number of aliphatic hydroxyl groups excluding tert-OH is 1. The Kier molecular flexibility index (Phi) is 3.27. The maximum atomic E-state index is 9.78. The summed E-state index contributed by atoms with van der Waals surface area (Å²) in [6.07, 6.45) is -0.728. The van der Waals surface area contributed by atoms with Gasteiger partial charge in [-0.05, 0) is 31.2 Å². The maximum absolute atomic E-state index is 9.78. The van der Waals surface area contributed by atoms with Gasteiger partial charge in [0.25, 0.3) is 0 Å². The van der Waals surface area contributed by atoms with Crippen molar-refractivity contribution in [3.63, 3.8) is 0 Å². The summed E-state index contributed by atoms with van der Waals surface area (Å²) in [5, 5.41) is 9.78. The molecule has 0 spiro atoms. The summed E-state index contributed by atoms with van der Waals surface area (Å²) < 4.78 is 10.7. The maximum Gasteiger partial charge on any atom is 0.145 e. The molecule has 0 saturated carbocycles. The third-order valence-electron chi connectivity index (χ3n) is 2.24. The Morgan fingerprint density at radius 3 is 2.56 bits per heavy atom. The van der Waals surface area contributed by atoms with Gasteiger partial charge in [-0.2, -0.15) is 0 Å². The molecule has 0 saturated heterocycles. The van der Waals surface area contributed by atoms with Crippen molar-refractivity contribution in [2.75, 3.05) is 6.61 Å². The second kappa shape index (κ2) is 4.86. The average Bonchev–Trinajstić information content (AvgIpc) is 2.74. The third-order valence-corrected chi connectivity index (χ3v) is 2.24. The summed E-state index contributed by atoms with van der Waals surface area (Å²) in [5.41, 5.74) is 0. The third kappa shape index (κ3) is 2.64. The Hall–Kier alpha value is -1.74. The van der Waals surface area contributed by atoms with Gasteiger partial charge in [-0.3, -0.25) is 0 Å². The fourth-order valence-corrected chi connectivity index (χ4v) is 1.41. The van der Waals surface area contributed by atoms with Crippen molar-refractivity contribution >= 4 is 0 Å². The zero-order valence-corrected chi connectivity index (χ0v) is 9.09. The lowest BCUT2D eigenvalue weighted by Crippen LogP contribution is -2.08. The molecule has 1 unspecified atom stereocenters. The van der Waals surface area contributed by atoms with Crippen molar-refractivity contribution in [3.05, 3.63) is 54.0 Å². The molecule has 1 heterocycles. The molecule has 1 atom stereocenters. The number of aryl methyl sites for hydroxylation is 1. The predicted molar refractivity (Wildman–Crippen MR) is 60.3 cm³/mol. The molecule has 16 heavy (non-hydrogen) atoms. The molecule has 3 nitrogen and oxygen atoms in total. The second-order valence-electron chi connectivity index (χ2n) is 3.59. The first kappa shape index (κ1) is 10.8. The second-order valence-corrected chi connectivity index (χ2v) is 3.59. The normalized spacial score (nSPS) is 12.4. The number of aliphatic hydroxyl groups is 1. The number of benzene rings is 1. The zero-order chi connectivity index (χ0) is 11.4. The van der Waals surface area contributed by atoms with E-state index in [1.165, 1.54) is 0 Å². The molecule has 0 aliphatic rings. The Morgan fingerprint density at radius 2 is 1.94 bits per heavy atom. The van der Waals surface area contributed by atoms with Crippen LogP contribution in [0.3, 0.4) is 0 Å². The standard InChI is InChI=1S/C13H14O3/c1-10-7-8-13(16-10)12(14)9-15-11-5-3-2-4-6-11/h2-8,12,14H,9H2,1H3. The van der Waals surface area contributed by atoms with Crippen molar-refractivity contribution in [2.24, 2.45) is 0 Å². The summed E-state index contributed by atoms with van der Waals surface area (Å²) in [4.78, 5) is 0. The minimum absolute atomic E-state index is 0.191. The SMILES string of the molecule is Cc1ccc(C(O)COc2ccccc2)o1. The van der Waals surface area contributed by atoms with Crippen LogP contribution in [0.15, 0.2) is 46.9 Å². The molecule has 0 bridgehead atoms. The van der Waals surface area contributed by atoms with Crippen molar-refractivity contribution in [1.82, 2.24) is 0 Å². The Morgan fingerprint density at radius 1 is 1.19 bits per heavy atom. The summed E-state index contributed by atoms with van der Waals surface area (Å²) in [5.74, 6) is 2.06. The fraction of sp³-hybridized carbons (Fsp3) is 0.231. The van der Waals surface area contributed by atoms with E-state index in [1.54, 1.807) is 6.07 Å². The molecule has 2 aromatic rings. The minimum atomic E-state index is -0.728. The highest BCUT2D eigenvalue weighted by Gasteiger charge is 2.12. The van der Waals surface area contributed by atoms with E-state index in [0.29, 0.717) is 5.76 Å². The molecule has 3 heteroatoms. The molecule has 0 radical (unpaired) electrons. The predicted octanol–water partition coefficient (Wildman–Crippen LogP) is 2.70. The van der Waals surface area contributed by atoms with E-state index >= 15 is 0 Å². The van der Waals surface area contributed by atoms with Gasteiger partial charge in [0.2, 0.25) is 0 Å². The topological polar surface area (TPSA) is 42.6 Å². The van der Waals surface area contributed by atoms with Crippen LogP contribution in [0.4, 0.5) is 0 Å². The molecular formula is C13H14O3. The highest BCUT2D eigenvalue weighted by molar-refractivity contribution is 5.21. The van der Waals surface area contributed by atoms with Gasteiger partial charge in [0.1, 0.15) is 30.0 Å². The van der Waals surface area contributed by atoms with E-state index < -0.39 is 6.10 Å². The van der Waals surface area contributed by atoms with Gasteiger partial charge >= 0.3 is 0 Å². The van der Waals surface area contributed by atoms with E-state index in [-0.39, 0.29) is 6.61 Å². The van der Waals surface area contributed by atoms with Crippen LogP contribution in [0, 0.1) is 6.92 Å². The number of para-hydroxylation sites is 1. The van der Waals surface area contributed by atoms with Crippen molar-refractivity contribution < 1.29 is 14.3 Å². The first-order valence-corrected chi connectivity index (χ1v) is 5.18. The largest absolute Gasteiger partial charge is 0.490 e. The van der Waals surface area contributed by atoms with E-state index in [1.807, 2.05) is 43.3 Å². The zero-order valence-electron chi connectivity index (χ0n) is 9.09. The molecule has 0 fully saturated rings. The number of ether oxygens (including phenoxy) is 1. The highest BCUT2D eigenvalue weighted by Crippen LogP contribution is 2.18. The molecule has 1 aromatic heterocycles. The van der Waals surface area contributed by atoms with Gasteiger partial charge in [-0.15, -0.1) is 0 Å². The molecule has 2 rings (SSSR count). The summed E-state index contributed by atoms with van der Waals surface area (Å²) in [7, 11) is 0. The van der Waals surface area contributed by atoms with Crippen LogP contribution in [0.2, 0.25) is 0 Å². The molecule has 1 aromatic carbocycles. The lowest BCUT2D eigenvalue weighted by molar-refractivity contribution is 0.0880. The van der Waals surface area contributed by atoms with Crippen LogP contribution < -0.4 is 4.74 Å². The first-order chi connectivity index (χ1) is 7.75. The minimum Gasteiger partial charge on any atom is -0.490 e. The molecule has 0 aliphatic carbocycles. The molecular weight excluding hydrogens is 204 g/mol. The molecule has 84 valence electrons. The van der Waals surface area contributed by atoms with Gasteiger partial charge in [-0.1, -0.05) is 18.2 Å². The van der Waals surface area contributed by atoms with Crippen molar-refractivity contribution in [2.45, 2.75) is 13.0 Å². The Balaban J connectivity index is 1.91. The quantitative estimate of drug-likeness (QED) is 0.857. The first-order valence-electron chi connectivity index (χ1n) is 5.18. The monoisotopic (exact) mass is 218 g/mol. The summed E-state index contributed by atoms with van der Waals surface area (Å²) >= 11 is 0. The molecule has 0 aliphatic heterocycles. The van der Waals surface area contributed by atoms with E-state index in [9.17, 15) is 5.11 Å². The van der Waals surface area contributed by atoms with Crippen LogP contribution in [-0.4, -0.2) is 11.7 Å². The van der Waals surface area contributed by atoms with Gasteiger partial charge in [0.05, 0.1) is 0 Å². The summed E-state index contributed by atoms with van der Waals surface area (Å²) in [6, 6.07) is 13.0. The van der Waals surface area contributed by atoms with E-state index in [4.69, 9.17) is 9.15 Å². The van der Waals surface area contributed by atoms with Crippen molar-refractivity contribution in [3.8, 4) is 5.75 Å². The van der Waals surface area contributed by atoms with Crippen LogP contribution in [0.5, 0.6) is 5.75 Å². The Labute approximate surface area is 94.3 Å². The van der Waals surface area contributed by atoms with E-state index in [0.717, 1.165) is 11.5 Å². The smallest absolute Gasteiger partial charge is 0.145 e. The Bertz CT molecular complexity index is 433. The fourth-order valence-electron chi connectivity index (χ4n) is 1.41. The van der Waals surface area contributed by atoms with E-state index in [2.05, 4.69) is 0 Å².